The largest absolute Gasteiger partial charge is 0.385 e. The number of amides is 1. The van der Waals surface area contributed by atoms with E-state index in [0.29, 0.717) is 19.6 Å². The number of nitrogens with two attached hydrogens (primary N) is 1. The van der Waals surface area contributed by atoms with E-state index < -0.39 is 0 Å². The minimum atomic E-state index is -0.285. The van der Waals surface area contributed by atoms with E-state index in [1.165, 1.54) is 12.1 Å². The van der Waals surface area contributed by atoms with Crippen LogP contribution in [0.5, 0.6) is 0 Å². The molecule has 0 aromatic heterocycles. The van der Waals surface area contributed by atoms with Crippen molar-refractivity contribution in [2.75, 3.05) is 20.3 Å². The van der Waals surface area contributed by atoms with Gasteiger partial charge in [-0.05, 0) is 24.1 Å². The Morgan fingerprint density at radius 3 is 2.74 bits per heavy atom. The lowest BCUT2D eigenvalue weighted by Gasteiger charge is -2.27. The Kier molecular flexibility index (Phi) is 4.50. The number of rotatable bonds is 5. The summed E-state index contributed by atoms with van der Waals surface area (Å²) in [5.74, 6) is -0.231. The van der Waals surface area contributed by atoms with Crippen LogP contribution in [0.2, 0.25) is 0 Å². The number of nitrogens with zero attached hydrogens (tertiary/aromatic N) is 1. The van der Waals surface area contributed by atoms with Crippen molar-refractivity contribution in [3.05, 3.63) is 35.6 Å². The van der Waals surface area contributed by atoms with Crippen LogP contribution in [0.3, 0.4) is 0 Å². The van der Waals surface area contributed by atoms with Crippen LogP contribution in [0.15, 0.2) is 24.3 Å². The van der Waals surface area contributed by atoms with E-state index in [-0.39, 0.29) is 23.8 Å². The highest BCUT2D eigenvalue weighted by atomic mass is 19.1. The summed E-state index contributed by atoms with van der Waals surface area (Å²) < 4.78 is 18.0. The van der Waals surface area contributed by atoms with Crippen molar-refractivity contribution in [2.45, 2.75) is 24.9 Å². The monoisotopic (exact) mass is 266 g/mol. The number of likely N-dealkylation sites (tertiary alicyclic amines) is 1. The van der Waals surface area contributed by atoms with E-state index in [4.69, 9.17) is 10.5 Å². The molecule has 104 valence electrons. The van der Waals surface area contributed by atoms with E-state index in [9.17, 15) is 9.18 Å². The summed E-state index contributed by atoms with van der Waals surface area (Å²) in [4.78, 5) is 13.7. The first-order valence-corrected chi connectivity index (χ1v) is 6.43. The number of hydrogen-bond acceptors (Lipinski definition) is 3. The lowest BCUT2D eigenvalue weighted by atomic mass is 10.0. The Balaban J connectivity index is 2.14. The van der Waals surface area contributed by atoms with Gasteiger partial charge in [0.25, 0.3) is 0 Å². The zero-order valence-electron chi connectivity index (χ0n) is 11.0. The minimum absolute atomic E-state index is 0.0536. The minimum Gasteiger partial charge on any atom is -0.385 e. The Morgan fingerprint density at radius 2 is 2.11 bits per heavy atom. The summed E-state index contributed by atoms with van der Waals surface area (Å²) in [7, 11) is 1.63. The van der Waals surface area contributed by atoms with Crippen molar-refractivity contribution >= 4 is 5.91 Å². The van der Waals surface area contributed by atoms with Crippen LogP contribution in [0.1, 0.15) is 24.4 Å². The molecule has 1 aromatic rings. The molecule has 0 saturated carbocycles. The molecule has 1 heterocycles. The third-order valence-corrected chi connectivity index (χ3v) is 3.43. The van der Waals surface area contributed by atoms with E-state index in [1.807, 2.05) is 0 Å². The molecule has 2 rings (SSSR count). The van der Waals surface area contributed by atoms with Gasteiger partial charge in [-0.25, -0.2) is 4.39 Å². The summed E-state index contributed by atoms with van der Waals surface area (Å²) in [5, 5.41) is 0. The van der Waals surface area contributed by atoms with Gasteiger partial charge in [-0.3, -0.25) is 4.79 Å². The SMILES string of the molecule is COCCCN1C(=O)CC(N)C1c1ccc(F)cc1. The Labute approximate surface area is 112 Å². The number of carbonyl (C=O) groups is 1. The van der Waals surface area contributed by atoms with Crippen molar-refractivity contribution in [1.82, 2.24) is 4.90 Å². The fourth-order valence-corrected chi connectivity index (χ4v) is 2.55. The van der Waals surface area contributed by atoms with Crippen molar-refractivity contribution in [3.63, 3.8) is 0 Å². The fourth-order valence-electron chi connectivity index (χ4n) is 2.55. The average molecular weight is 266 g/mol. The quantitative estimate of drug-likeness (QED) is 0.821. The molecule has 19 heavy (non-hydrogen) atoms. The van der Waals surface area contributed by atoms with Crippen LogP contribution in [0, 0.1) is 5.82 Å². The van der Waals surface area contributed by atoms with Crippen LogP contribution >= 0.6 is 0 Å². The van der Waals surface area contributed by atoms with Crippen molar-refractivity contribution in [3.8, 4) is 0 Å². The standard InChI is InChI=1S/C14H19FN2O2/c1-19-8-2-7-17-13(18)9-12(16)14(17)10-3-5-11(15)6-4-10/h3-6,12,14H,2,7-9,16H2,1H3. The van der Waals surface area contributed by atoms with Crippen LogP contribution in [0.25, 0.3) is 0 Å². The van der Waals surface area contributed by atoms with Gasteiger partial charge >= 0.3 is 0 Å². The zero-order chi connectivity index (χ0) is 13.8. The Hall–Kier alpha value is -1.46. The van der Waals surface area contributed by atoms with Crippen molar-refractivity contribution in [2.24, 2.45) is 5.73 Å². The Morgan fingerprint density at radius 1 is 1.42 bits per heavy atom. The summed E-state index contributed by atoms with van der Waals surface area (Å²) >= 11 is 0. The first kappa shape index (κ1) is 14.0. The maximum Gasteiger partial charge on any atom is 0.224 e. The third-order valence-electron chi connectivity index (χ3n) is 3.43. The van der Waals surface area contributed by atoms with E-state index in [0.717, 1.165) is 12.0 Å². The summed E-state index contributed by atoms with van der Waals surface area (Å²) in [6, 6.07) is 5.80. The topological polar surface area (TPSA) is 55.6 Å². The van der Waals surface area contributed by atoms with Gasteiger partial charge in [0.15, 0.2) is 0 Å². The normalized spacial score (nSPS) is 23.1. The highest BCUT2D eigenvalue weighted by molar-refractivity contribution is 5.80. The molecule has 0 spiro atoms. The van der Waals surface area contributed by atoms with Crippen molar-refractivity contribution in [1.29, 1.82) is 0 Å². The molecule has 4 nitrogen and oxygen atoms in total. The summed E-state index contributed by atoms with van der Waals surface area (Å²) in [6.45, 7) is 1.22. The molecule has 1 aliphatic heterocycles. The summed E-state index contributed by atoms with van der Waals surface area (Å²) in [6.07, 6.45) is 1.11. The van der Waals surface area contributed by atoms with Crippen LogP contribution < -0.4 is 5.73 Å². The first-order valence-electron chi connectivity index (χ1n) is 6.43. The van der Waals surface area contributed by atoms with Crippen LogP contribution in [-0.4, -0.2) is 37.1 Å². The maximum absolute atomic E-state index is 13.0. The first-order chi connectivity index (χ1) is 9.13. The summed E-state index contributed by atoms with van der Waals surface area (Å²) in [5.41, 5.74) is 6.93. The third kappa shape index (κ3) is 3.11. The highest BCUT2D eigenvalue weighted by Crippen LogP contribution is 2.32. The number of ether oxygens (including phenoxy) is 1. The molecular formula is C14H19FN2O2. The fraction of sp³-hybridized carbons (Fsp3) is 0.500. The molecule has 1 aromatic carbocycles. The molecule has 1 fully saturated rings. The van der Waals surface area contributed by atoms with E-state index in [2.05, 4.69) is 0 Å². The van der Waals surface area contributed by atoms with Gasteiger partial charge in [-0.2, -0.15) is 0 Å². The molecule has 0 bridgehead atoms. The van der Waals surface area contributed by atoms with Gasteiger partial charge in [0.05, 0.1) is 6.04 Å². The molecule has 2 atom stereocenters. The van der Waals surface area contributed by atoms with Gasteiger partial charge in [0.2, 0.25) is 5.91 Å². The molecule has 1 aliphatic rings. The number of carbonyl (C=O) groups excluding carboxylic acids is 1. The second-order valence-corrected chi connectivity index (χ2v) is 4.80. The lowest BCUT2D eigenvalue weighted by molar-refractivity contribution is -0.129. The second-order valence-electron chi connectivity index (χ2n) is 4.80. The maximum atomic E-state index is 13.0. The van der Waals surface area contributed by atoms with Crippen molar-refractivity contribution < 1.29 is 13.9 Å². The van der Waals surface area contributed by atoms with Gasteiger partial charge in [-0.1, -0.05) is 12.1 Å². The number of benzene rings is 1. The highest BCUT2D eigenvalue weighted by Gasteiger charge is 2.38. The lowest BCUT2D eigenvalue weighted by Crippen LogP contribution is -2.34. The predicted octanol–water partition coefficient (Wildman–Crippen LogP) is 1.46. The predicted molar refractivity (Wildman–Crippen MR) is 69.9 cm³/mol. The Bertz CT molecular complexity index is 436. The van der Waals surface area contributed by atoms with E-state index >= 15 is 0 Å². The smallest absolute Gasteiger partial charge is 0.224 e. The molecule has 2 N–H and O–H groups in total. The number of methoxy groups -OCH3 is 1. The molecule has 0 radical (unpaired) electrons. The average Bonchev–Trinajstić information content (AvgIpc) is 2.66. The second kappa shape index (κ2) is 6.12. The van der Waals surface area contributed by atoms with Crippen LogP contribution in [0.4, 0.5) is 4.39 Å². The number of halogens is 1. The molecule has 2 unspecified atom stereocenters. The molecular weight excluding hydrogens is 247 g/mol. The molecule has 5 heteroatoms. The van der Waals surface area contributed by atoms with Gasteiger partial charge in [0, 0.05) is 32.7 Å². The molecule has 0 aliphatic carbocycles. The molecule has 1 saturated heterocycles. The van der Waals surface area contributed by atoms with Gasteiger partial charge in [0.1, 0.15) is 5.82 Å². The van der Waals surface area contributed by atoms with Gasteiger partial charge < -0.3 is 15.4 Å². The van der Waals surface area contributed by atoms with Gasteiger partial charge in [-0.15, -0.1) is 0 Å². The van der Waals surface area contributed by atoms with Crippen LogP contribution in [-0.2, 0) is 9.53 Å². The van der Waals surface area contributed by atoms with E-state index in [1.54, 1.807) is 24.1 Å². The number of hydrogen-bond donors (Lipinski definition) is 1. The zero-order valence-corrected chi connectivity index (χ0v) is 11.0. The molecule has 1 amide bonds.